The van der Waals surface area contributed by atoms with Gasteiger partial charge in [0, 0.05) is 25.2 Å². The van der Waals surface area contributed by atoms with E-state index in [1.54, 1.807) is 18.2 Å². The second kappa shape index (κ2) is 8.14. The van der Waals surface area contributed by atoms with Gasteiger partial charge in [-0.1, -0.05) is 12.1 Å². The minimum absolute atomic E-state index is 0.115. The van der Waals surface area contributed by atoms with E-state index in [1.807, 2.05) is 0 Å². The van der Waals surface area contributed by atoms with E-state index in [4.69, 9.17) is 4.74 Å². The molecule has 1 aromatic rings. The molecule has 0 aliphatic carbocycles. The van der Waals surface area contributed by atoms with Crippen molar-refractivity contribution < 1.29 is 18.3 Å². The van der Waals surface area contributed by atoms with Crippen molar-refractivity contribution in [1.82, 2.24) is 10.2 Å². The first-order valence-corrected chi connectivity index (χ1v) is 7.24. The average molecular weight is 300 g/mol. The van der Waals surface area contributed by atoms with Crippen molar-refractivity contribution >= 4 is 0 Å². The molecule has 1 heterocycles. The van der Waals surface area contributed by atoms with Gasteiger partial charge in [-0.05, 0) is 32.0 Å². The molecular weight excluding hydrogens is 278 g/mol. The van der Waals surface area contributed by atoms with Gasteiger partial charge in [0.1, 0.15) is 0 Å². The second-order valence-corrected chi connectivity index (χ2v) is 5.05. The zero-order valence-electron chi connectivity index (χ0n) is 12.3. The first-order chi connectivity index (χ1) is 10.2. The summed E-state index contributed by atoms with van der Waals surface area (Å²) in [6.07, 6.45) is 2.53. The SMILES string of the molecule is COc1cccc(CNCCN2CCCC2)c1OC(F)F. The molecule has 1 aromatic carbocycles. The van der Waals surface area contributed by atoms with Gasteiger partial charge in [-0.25, -0.2) is 0 Å². The number of nitrogens with zero attached hydrogens (tertiary/aromatic N) is 1. The van der Waals surface area contributed by atoms with E-state index in [-0.39, 0.29) is 5.75 Å². The maximum Gasteiger partial charge on any atom is 0.387 e. The molecular formula is C15H22F2N2O2. The number of hydrogen-bond donors (Lipinski definition) is 1. The first-order valence-electron chi connectivity index (χ1n) is 7.24. The fraction of sp³-hybridized carbons (Fsp3) is 0.600. The summed E-state index contributed by atoms with van der Waals surface area (Å²) in [5.74, 6) is 0.442. The smallest absolute Gasteiger partial charge is 0.387 e. The van der Waals surface area contributed by atoms with E-state index in [1.165, 1.54) is 20.0 Å². The third-order valence-electron chi connectivity index (χ3n) is 3.61. The fourth-order valence-corrected chi connectivity index (χ4v) is 2.55. The summed E-state index contributed by atoms with van der Waals surface area (Å²) in [5.41, 5.74) is 0.677. The number of nitrogens with one attached hydrogen (secondary N) is 1. The van der Waals surface area contributed by atoms with E-state index in [2.05, 4.69) is 15.0 Å². The summed E-state index contributed by atoms with van der Waals surface area (Å²) in [4.78, 5) is 2.40. The van der Waals surface area contributed by atoms with Crippen LogP contribution in [-0.2, 0) is 6.54 Å². The highest BCUT2D eigenvalue weighted by Crippen LogP contribution is 2.32. The number of ether oxygens (including phenoxy) is 2. The van der Waals surface area contributed by atoms with Crippen molar-refractivity contribution in [2.75, 3.05) is 33.3 Å². The number of benzene rings is 1. The molecule has 1 saturated heterocycles. The maximum atomic E-state index is 12.5. The highest BCUT2D eigenvalue weighted by Gasteiger charge is 2.15. The van der Waals surface area contributed by atoms with Gasteiger partial charge < -0.3 is 19.7 Å². The van der Waals surface area contributed by atoms with Crippen LogP contribution in [-0.4, -0.2) is 44.8 Å². The molecule has 0 amide bonds. The lowest BCUT2D eigenvalue weighted by Crippen LogP contribution is -2.29. The van der Waals surface area contributed by atoms with Crippen LogP contribution in [0.25, 0.3) is 0 Å². The number of alkyl halides is 2. The van der Waals surface area contributed by atoms with Gasteiger partial charge in [0.2, 0.25) is 0 Å². The molecule has 1 N–H and O–H groups in total. The van der Waals surface area contributed by atoms with Crippen molar-refractivity contribution in [2.24, 2.45) is 0 Å². The van der Waals surface area contributed by atoms with E-state index < -0.39 is 6.61 Å². The molecule has 0 aromatic heterocycles. The summed E-state index contributed by atoms with van der Waals surface area (Å²) >= 11 is 0. The van der Waals surface area contributed by atoms with E-state index >= 15 is 0 Å². The zero-order chi connectivity index (χ0) is 15.1. The van der Waals surface area contributed by atoms with Gasteiger partial charge in [-0.3, -0.25) is 0 Å². The van der Waals surface area contributed by atoms with Crippen LogP contribution in [0, 0.1) is 0 Å². The van der Waals surface area contributed by atoms with Gasteiger partial charge >= 0.3 is 6.61 Å². The molecule has 2 rings (SSSR count). The third-order valence-corrected chi connectivity index (χ3v) is 3.61. The minimum Gasteiger partial charge on any atom is -0.493 e. The molecule has 0 radical (unpaired) electrons. The molecule has 1 aliphatic rings. The Morgan fingerprint density at radius 3 is 2.71 bits per heavy atom. The summed E-state index contributed by atoms with van der Waals surface area (Å²) < 4.78 is 34.7. The molecule has 6 heteroatoms. The Kier molecular flexibility index (Phi) is 6.20. The highest BCUT2D eigenvalue weighted by molar-refractivity contribution is 5.46. The van der Waals surface area contributed by atoms with E-state index in [9.17, 15) is 8.78 Å². The largest absolute Gasteiger partial charge is 0.493 e. The van der Waals surface area contributed by atoms with Crippen LogP contribution in [0.5, 0.6) is 11.5 Å². The van der Waals surface area contributed by atoms with Crippen LogP contribution in [0.1, 0.15) is 18.4 Å². The van der Waals surface area contributed by atoms with Crippen molar-refractivity contribution in [2.45, 2.75) is 26.0 Å². The van der Waals surface area contributed by atoms with Crippen LogP contribution in [0.4, 0.5) is 8.78 Å². The van der Waals surface area contributed by atoms with Gasteiger partial charge in [0.15, 0.2) is 11.5 Å². The van der Waals surface area contributed by atoms with Gasteiger partial charge in [-0.2, -0.15) is 8.78 Å². The van der Waals surface area contributed by atoms with Crippen LogP contribution >= 0.6 is 0 Å². The topological polar surface area (TPSA) is 33.7 Å². The lowest BCUT2D eigenvalue weighted by molar-refractivity contribution is -0.0518. The summed E-state index contributed by atoms with van der Waals surface area (Å²) in [6.45, 7) is 1.74. The predicted molar refractivity (Wildman–Crippen MR) is 77.0 cm³/mol. The first kappa shape index (κ1) is 16.0. The minimum atomic E-state index is -2.86. The molecule has 21 heavy (non-hydrogen) atoms. The van der Waals surface area contributed by atoms with Crippen molar-refractivity contribution in [1.29, 1.82) is 0 Å². The van der Waals surface area contributed by atoms with Crippen LogP contribution in [0.2, 0.25) is 0 Å². The number of para-hydroxylation sites is 1. The lowest BCUT2D eigenvalue weighted by Gasteiger charge is -2.17. The highest BCUT2D eigenvalue weighted by atomic mass is 19.3. The second-order valence-electron chi connectivity index (χ2n) is 5.05. The van der Waals surface area contributed by atoms with Gasteiger partial charge in [0.25, 0.3) is 0 Å². The summed E-state index contributed by atoms with van der Waals surface area (Å²) in [5, 5.41) is 3.27. The van der Waals surface area contributed by atoms with Gasteiger partial charge in [-0.15, -0.1) is 0 Å². The standard InChI is InChI=1S/C15H22F2N2O2/c1-20-13-6-4-5-12(14(13)21-15(16)17)11-18-7-10-19-8-2-3-9-19/h4-6,15,18H,2-3,7-11H2,1H3. The number of halogens is 2. The van der Waals surface area contributed by atoms with Crippen molar-refractivity contribution in [3.8, 4) is 11.5 Å². The average Bonchev–Trinajstić information content (AvgIpc) is 2.97. The van der Waals surface area contributed by atoms with Crippen LogP contribution < -0.4 is 14.8 Å². The molecule has 1 aliphatic heterocycles. The number of hydrogen-bond acceptors (Lipinski definition) is 4. The van der Waals surface area contributed by atoms with Gasteiger partial charge in [0.05, 0.1) is 7.11 Å². The Morgan fingerprint density at radius 1 is 1.29 bits per heavy atom. The number of rotatable bonds is 8. The summed E-state index contributed by atoms with van der Waals surface area (Å²) in [7, 11) is 1.44. The number of likely N-dealkylation sites (tertiary alicyclic amines) is 1. The van der Waals surface area contributed by atoms with Crippen molar-refractivity contribution in [3.05, 3.63) is 23.8 Å². The Morgan fingerprint density at radius 2 is 2.05 bits per heavy atom. The molecule has 0 bridgehead atoms. The zero-order valence-corrected chi connectivity index (χ0v) is 12.3. The maximum absolute atomic E-state index is 12.5. The van der Waals surface area contributed by atoms with Crippen LogP contribution in [0.15, 0.2) is 18.2 Å². The normalized spacial score (nSPS) is 15.6. The Bertz CT molecular complexity index is 438. The lowest BCUT2D eigenvalue weighted by atomic mass is 10.2. The molecule has 4 nitrogen and oxygen atoms in total. The molecule has 118 valence electrons. The Hall–Kier alpha value is -1.40. The molecule has 0 saturated carbocycles. The predicted octanol–water partition coefficient (Wildman–Crippen LogP) is 2.48. The van der Waals surface area contributed by atoms with Crippen molar-refractivity contribution in [3.63, 3.8) is 0 Å². The Labute approximate surface area is 124 Å². The fourth-order valence-electron chi connectivity index (χ4n) is 2.55. The number of methoxy groups -OCH3 is 1. The van der Waals surface area contributed by atoms with E-state index in [0.717, 1.165) is 26.2 Å². The molecule has 1 fully saturated rings. The molecule has 0 unspecified atom stereocenters. The summed E-state index contributed by atoms with van der Waals surface area (Å²) in [6, 6.07) is 5.16. The monoisotopic (exact) mass is 300 g/mol. The van der Waals surface area contributed by atoms with E-state index in [0.29, 0.717) is 17.9 Å². The molecule has 0 atom stereocenters. The molecule has 0 spiro atoms. The third kappa shape index (κ3) is 4.82. The quantitative estimate of drug-likeness (QED) is 0.748. The van der Waals surface area contributed by atoms with Crippen LogP contribution in [0.3, 0.4) is 0 Å². The Balaban J connectivity index is 1.88.